The highest BCUT2D eigenvalue weighted by atomic mass is 32.1. The molecule has 0 spiro atoms. The first-order valence-corrected chi connectivity index (χ1v) is 8.88. The number of nitrogens with two attached hydrogens (primary N) is 1. The first kappa shape index (κ1) is 16.8. The Labute approximate surface area is 156 Å². The van der Waals surface area contributed by atoms with Crippen LogP contribution in [0.15, 0.2) is 35.5 Å². The molecule has 6 nitrogen and oxygen atoms in total. The van der Waals surface area contributed by atoms with Crippen LogP contribution in [0.5, 0.6) is 5.75 Å². The molecule has 0 fully saturated rings. The van der Waals surface area contributed by atoms with E-state index in [-0.39, 0.29) is 21.7 Å². The number of aromatic hydroxyl groups is 1. The highest BCUT2D eigenvalue weighted by Gasteiger charge is 2.42. The van der Waals surface area contributed by atoms with E-state index in [9.17, 15) is 9.90 Å². The lowest BCUT2D eigenvalue weighted by Gasteiger charge is -2.39. The molecule has 0 amide bonds. The molecule has 134 valence electrons. The topological polar surface area (TPSA) is 104 Å². The van der Waals surface area contributed by atoms with E-state index in [0.29, 0.717) is 29.2 Å². The second kappa shape index (κ2) is 5.67. The average Bonchev–Trinajstić information content (AvgIpc) is 2.51. The Balaban J connectivity index is 2.00. The number of Topliss-reactive ketones (excluding diaryl/α,β-unsaturated/α-hetero) is 1. The molecular formula is C19H20N4O2S. The number of nitrogen functional groups attached to an aromatic ring is 1. The summed E-state index contributed by atoms with van der Waals surface area (Å²) in [4.78, 5) is 20.3. The fraction of sp³-hybridized carbons (Fsp3) is 0.316. The van der Waals surface area contributed by atoms with Gasteiger partial charge in [0.2, 0.25) is 0 Å². The molecule has 1 atom stereocenters. The monoisotopic (exact) mass is 368 g/mol. The molecule has 2 heterocycles. The van der Waals surface area contributed by atoms with Crippen LogP contribution in [0, 0.1) is 10.2 Å². The molecule has 1 unspecified atom stereocenters. The molecular weight excluding hydrogens is 348 g/mol. The van der Waals surface area contributed by atoms with Crippen LogP contribution in [0.3, 0.4) is 0 Å². The molecule has 0 radical (unpaired) electrons. The minimum absolute atomic E-state index is 0.0876. The number of fused-ring (bicyclic) bond motifs is 1. The number of carbonyl (C=O) groups is 1. The number of anilines is 2. The third-order valence-corrected chi connectivity index (χ3v) is 5.16. The minimum atomic E-state index is -0.392. The SMILES string of the molecule is CC1(C)CC(=O)C2=C(C1)Nc1nc(=S)[nH]c(N)c1C2c1cccc(O)c1. The summed E-state index contributed by atoms with van der Waals surface area (Å²) in [6.45, 7) is 4.16. The third kappa shape index (κ3) is 2.68. The molecule has 0 bridgehead atoms. The van der Waals surface area contributed by atoms with Crippen LogP contribution >= 0.6 is 12.2 Å². The molecule has 0 saturated heterocycles. The van der Waals surface area contributed by atoms with Gasteiger partial charge in [-0.25, -0.2) is 4.98 Å². The van der Waals surface area contributed by atoms with Crippen molar-refractivity contribution in [2.45, 2.75) is 32.6 Å². The molecule has 26 heavy (non-hydrogen) atoms. The quantitative estimate of drug-likeness (QED) is 0.573. The molecule has 4 rings (SSSR count). The number of H-pyrrole nitrogens is 1. The number of carbonyl (C=O) groups excluding carboxylic acids is 1. The number of hydrogen-bond donors (Lipinski definition) is 4. The Bertz CT molecular complexity index is 1020. The van der Waals surface area contributed by atoms with Crippen molar-refractivity contribution in [1.29, 1.82) is 0 Å². The number of ketones is 1. The van der Waals surface area contributed by atoms with Gasteiger partial charge >= 0.3 is 0 Å². The summed E-state index contributed by atoms with van der Waals surface area (Å²) in [5, 5.41) is 13.3. The van der Waals surface area contributed by atoms with Crippen molar-refractivity contribution >= 4 is 29.6 Å². The summed E-state index contributed by atoms with van der Waals surface area (Å²) in [7, 11) is 0. The number of rotatable bonds is 1. The van der Waals surface area contributed by atoms with Gasteiger partial charge < -0.3 is 21.1 Å². The number of allylic oxidation sites excluding steroid dienone is 2. The van der Waals surface area contributed by atoms with E-state index in [2.05, 4.69) is 29.1 Å². The Hall–Kier alpha value is -2.67. The van der Waals surface area contributed by atoms with Crippen LogP contribution in [-0.2, 0) is 4.79 Å². The van der Waals surface area contributed by atoms with Gasteiger partial charge in [-0.3, -0.25) is 4.79 Å². The Kier molecular flexibility index (Phi) is 3.66. The van der Waals surface area contributed by atoms with E-state index < -0.39 is 5.92 Å². The van der Waals surface area contributed by atoms with Crippen molar-refractivity contribution in [3.8, 4) is 5.75 Å². The molecule has 1 aromatic carbocycles. The van der Waals surface area contributed by atoms with Gasteiger partial charge in [0.15, 0.2) is 10.6 Å². The highest BCUT2D eigenvalue weighted by molar-refractivity contribution is 7.71. The maximum Gasteiger partial charge on any atom is 0.200 e. The van der Waals surface area contributed by atoms with Crippen LogP contribution in [0.2, 0.25) is 0 Å². The van der Waals surface area contributed by atoms with E-state index in [4.69, 9.17) is 18.0 Å². The van der Waals surface area contributed by atoms with Gasteiger partial charge in [-0.1, -0.05) is 26.0 Å². The maximum absolute atomic E-state index is 13.0. The van der Waals surface area contributed by atoms with Gasteiger partial charge in [-0.2, -0.15) is 0 Å². The van der Waals surface area contributed by atoms with Crippen molar-refractivity contribution in [3.05, 3.63) is 51.4 Å². The number of nitrogens with zero attached hydrogens (tertiary/aromatic N) is 1. The fourth-order valence-electron chi connectivity index (χ4n) is 3.99. The van der Waals surface area contributed by atoms with Crippen molar-refractivity contribution in [2.75, 3.05) is 11.1 Å². The van der Waals surface area contributed by atoms with Crippen LogP contribution in [0.25, 0.3) is 0 Å². The average molecular weight is 368 g/mol. The summed E-state index contributed by atoms with van der Waals surface area (Å²) in [6.07, 6.45) is 1.20. The van der Waals surface area contributed by atoms with Gasteiger partial charge in [0.1, 0.15) is 17.4 Å². The highest BCUT2D eigenvalue weighted by Crippen LogP contribution is 2.49. The molecule has 2 aromatic rings. The molecule has 2 aliphatic rings. The summed E-state index contributed by atoms with van der Waals surface area (Å²) in [6, 6.07) is 6.92. The van der Waals surface area contributed by atoms with Crippen molar-refractivity contribution in [3.63, 3.8) is 0 Å². The number of phenols is 1. The van der Waals surface area contributed by atoms with Gasteiger partial charge in [-0.15, -0.1) is 0 Å². The number of hydrogen-bond acceptors (Lipinski definition) is 6. The third-order valence-electron chi connectivity index (χ3n) is 4.97. The molecule has 1 aliphatic carbocycles. The van der Waals surface area contributed by atoms with Crippen molar-refractivity contribution in [1.82, 2.24) is 9.97 Å². The molecule has 0 saturated carbocycles. The number of phenolic OH excluding ortho intramolecular Hbond substituents is 1. The smallest absolute Gasteiger partial charge is 0.200 e. The molecule has 1 aliphatic heterocycles. The van der Waals surface area contributed by atoms with E-state index >= 15 is 0 Å². The second-order valence-corrected chi connectivity index (χ2v) is 8.09. The standard InChI is InChI=1S/C19H20N4O2S/c1-19(2)7-11-14(12(25)8-19)13(9-4-3-5-10(24)6-9)15-16(20)22-18(26)23-17(15)21-11/h3-6,13,24H,7-8H2,1-2H3,(H4,20,21,22,23,26). The van der Waals surface area contributed by atoms with Crippen LogP contribution in [0.1, 0.15) is 43.7 Å². The zero-order valence-corrected chi connectivity index (χ0v) is 15.4. The fourth-order valence-corrected chi connectivity index (χ4v) is 4.19. The van der Waals surface area contributed by atoms with E-state index in [1.165, 1.54) is 0 Å². The number of nitrogens with one attached hydrogen (secondary N) is 2. The van der Waals surface area contributed by atoms with Gasteiger partial charge in [-0.05, 0) is 41.7 Å². The second-order valence-electron chi connectivity index (χ2n) is 7.70. The van der Waals surface area contributed by atoms with Gasteiger partial charge in [0.25, 0.3) is 0 Å². The first-order chi connectivity index (χ1) is 12.2. The maximum atomic E-state index is 13.0. The lowest BCUT2D eigenvalue weighted by Crippen LogP contribution is -2.34. The molecule has 5 N–H and O–H groups in total. The van der Waals surface area contributed by atoms with Crippen molar-refractivity contribution in [2.24, 2.45) is 5.41 Å². The molecule has 1 aromatic heterocycles. The molecule has 7 heteroatoms. The van der Waals surface area contributed by atoms with E-state index in [0.717, 1.165) is 17.7 Å². The predicted molar refractivity (Wildman–Crippen MR) is 102 cm³/mol. The van der Waals surface area contributed by atoms with Crippen LogP contribution < -0.4 is 11.1 Å². The number of aromatic amines is 1. The van der Waals surface area contributed by atoms with Crippen LogP contribution in [-0.4, -0.2) is 20.9 Å². The van der Waals surface area contributed by atoms with Gasteiger partial charge in [0.05, 0.1) is 0 Å². The number of aromatic nitrogens is 2. The Morgan fingerprint density at radius 1 is 1.35 bits per heavy atom. The Morgan fingerprint density at radius 3 is 2.85 bits per heavy atom. The lowest BCUT2D eigenvalue weighted by molar-refractivity contribution is -0.118. The van der Waals surface area contributed by atoms with E-state index in [1.807, 2.05) is 6.07 Å². The van der Waals surface area contributed by atoms with Crippen molar-refractivity contribution < 1.29 is 9.90 Å². The largest absolute Gasteiger partial charge is 0.508 e. The first-order valence-electron chi connectivity index (χ1n) is 8.47. The van der Waals surface area contributed by atoms with Crippen LogP contribution in [0.4, 0.5) is 11.6 Å². The zero-order chi connectivity index (χ0) is 18.6. The summed E-state index contributed by atoms with van der Waals surface area (Å²) in [5.41, 5.74) is 9.14. The zero-order valence-electron chi connectivity index (χ0n) is 14.6. The van der Waals surface area contributed by atoms with Gasteiger partial charge in [0, 0.05) is 29.2 Å². The number of benzene rings is 1. The summed E-state index contributed by atoms with van der Waals surface area (Å²) < 4.78 is 0.286. The van der Waals surface area contributed by atoms with E-state index in [1.54, 1.807) is 18.2 Å². The normalized spacial score (nSPS) is 21.0. The lowest BCUT2D eigenvalue weighted by atomic mass is 9.69. The Morgan fingerprint density at radius 2 is 2.12 bits per heavy atom. The summed E-state index contributed by atoms with van der Waals surface area (Å²) >= 11 is 5.17. The summed E-state index contributed by atoms with van der Waals surface area (Å²) in [5.74, 6) is 0.790. The predicted octanol–water partition coefficient (Wildman–Crippen LogP) is 3.63. The minimum Gasteiger partial charge on any atom is -0.508 e.